The number of amidine groups is 1. The molecule has 1 aliphatic rings. The molecule has 0 radical (unpaired) electrons. The van der Waals surface area contributed by atoms with Gasteiger partial charge >= 0.3 is 0 Å². The average Bonchev–Trinajstić information content (AvgIpc) is 2.95. The highest BCUT2D eigenvalue weighted by atomic mass is 32.2. The van der Waals surface area contributed by atoms with Crippen LogP contribution in [0.3, 0.4) is 0 Å². The summed E-state index contributed by atoms with van der Waals surface area (Å²) in [5.74, 6) is 0.459. The summed E-state index contributed by atoms with van der Waals surface area (Å²) in [5, 5.41) is 4.17. The number of carbonyl (C=O) groups is 1. The van der Waals surface area contributed by atoms with Crippen molar-refractivity contribution < 1.29 is 13.7 Å². The first-order valence-corrected chi connectivity index (χ1v) is 8.59. The molecule has 24 heavy (non-hydrogen) atoms. The first kappa shape index (κ1) is 16.7. The molecule has 0 unspecified atom stereocenters. The molecule has 0 fully saturated rings. The van der Waals surface area contributed by atoms with Crippen molar-refractivity contribution in [2.45, 2.75) is 32.2 Å². The van der Waals surface area contributed by atoms with E-state index in [9.17, 15) is 9.18 Å². The molecule has 2 heterocycles. The van der Waals surface area contributed by atoms with Crippen LogP contribution in [0.15, 0.2) is 33.8 Å². The van der Waals surface area contributed by atoms with Crippen LogP contribution in [0, 0.1) is 12.7 Å². The minimum atomic E-state index is -0.707. The van der Waals surface area contributed by atoms with E-state index in [4.69, 9.17) is 10.3 Å². The number of thioether (sulfide) groups is 1. The van der Waals surface area contributed by atoms with Crippen molar-refractivity contribution in [3.05, 3.63) is 52.7 Å². The molecular formula is C17H18FN3O2S. The van der Waals surface area contributed by atoms with Crippen LogP contribution in [0.5, 0.6) is 0 Å². The molecule has 1 atom stereocenters. The summed E-state index contributed by atoms with van der Waals surface area (Å²) in [7, 11) is 0. The Kier molecular flexibility index (Phi) is 4.45. The number of benzene rings is 1. The lowest BCUT2D eigenvalue weighted by atomic mass is 9.87. The number of ketones is 1. The third kappa shape index (κ3) is 3.36. The van der Waals surface area contributed by atoms with Crippen LogP contribution >= 0.6 is 11.8 Å². The molecule has 1 aromatic heterocycles. The quantitative estimate of drug-likeness (QED) is 0.859. The summed E-state index contributed by atoms with van der Waals surface area (Å²) in [6.07, 6.45) is 0.805. The normalized spacial score (nSPS) is 20.7. The Morgan fingerprint density at radius 3 is 2.92 bits per heavy atom. The number of nitrogens with zero attached hydrogens (tertiary/aromatic N) is 2. The minimum absolute atomic E-state index is 0.117. The molecule has 7 heteroatoms. The number of Topliss-reactive ketones (excluding diaryl/α,β-unsaturated/α-hetero) is 1. The van der Waals surface area contributed by atoms with E-state index in [-0.39, 0.29) is 23.8 Å². The molecular weight excluding hydrogens is 329 g/mol. The maximum Gasteiger partial charge on any atom is 0.205 e. The number of halogens is 1. The van der Waals surface area contributed by atoms with Crippen molar-refractivity contribution in [3.63, 3.8) is 0 Å². The van der Waals surface area contributed by atoms with Gasteiger partial charge in [-0.1, -0.05) is 23.0 Å². The number of hydrogen-bond acceptors (Lipinski definition) is 6. The van der Waals surface area contributed by atoms with Gasteiger partial charge in [0.15, 0.2) is 5.17 Å². The monoisotopic (exact) mass is 347 g/mol. The molecule has 0 saturated heterocycles. The van der Waals surface area contributed by atoms with Gasteiger partial charge in [0.2, 0.25) is 11.5 Å². The van der Waals surface area contributed by atoms with Gasteiger partial charge in [0.25, 0.3) is 0 Å². The third-order valence-electron chi connectivity index (χ3n) is 4.07. The molecule has 1 aliphatic heterocycles. The van der Waals surface area contributed by atoms with Crippen LogP contribution in [-0.4, -0.2) is 21.9 Å². The Hall–Kier alpha value is -2.15. The van der Waals surface area contributed by atoms with E-state index in [0.29, 0.717) is 28.4 Å². The van der Waals surface area contributed by atoms with Gasteiger partial charge in [-0.2, -0.15) is 0 Å². The van der Waals surface area contributed by atoms with Crippen molar-refractivity contribution in [1.82, 2.24) is 5.16 Å². The Balaban J connectivity index is 1.89. The van der Waals surface area contributed by atoms with Crippen molar-refractivity contribution in [2.75, 3.05) is 5.75 Å². The summed E-state index contributed by atoms with van der Waals surface area (Å²) >= 11 is 1.47. The maximum absolute atomic E-state index is 14.4. The molecule has 5 nitrogen and oxygen atoms in total. The second kappa shape index (κ2) is 6.39. The van der Waals surface area contributed by atoms with E-state index < -0.39 is 5.54 Å². The van der Waals surface area contributed by atoms with Crippen molar-refractivity contribution in [3.8, 4) is 0 Å². The van der Waals surface area contributed by atoms with E-state index in [1.807, 2.05) is 6.92 Å². The lowest BCUT2D eigenvalue weighted by molar-refractivity contribution is 0.0957. The fourth-order valence-electron chi connectivity index (χ4n) is 2.74. The summed E-state index contributed by atoms with van der Waals surface area (Å²) in [6.45, 7) is 3.62. The second-order valence-electron chi connectivity index (χ2n) is 6.07. The average molecular weight is 347 g/mol. The highest BCUT2D eigenvalue weighted by Gasteiger charge is 2.32. The number of rotatable bonds is 4. The zero-order valence-corrected chi connectivity index (χ0v) is 14.3. The Bertz CT molecular complexity index is 818. The number of aryl methyl sites for hydroxylation is 1. The SMILES string of the molecule is Cc1cc(C(=O)Cc2ccc(F)c([C@]3(C)CCSC(N)=N3)c2)on1. The van der Waals surface area contributed by atoms with Crippen LogP contribution in [-0.2, 0) is 12.0 Å². The van der Waals surface area contributed by atoms with Crippen LogP contribution < -0.4 is 5.73 Å². The highest BCUT2D eigenvalue weighted by molar-refractivity contribution is 8.13. The number of carbonyl (C=O) groups excluding carboxylic acids is 1. The van der Waals surface area contributed by atoms with E-state index in [2.05, 4.69) is 10.1 Å². The smallest absolute Gasteiger partial charge is 0.205 e. The Morgan fingerprint density at radius 1 is 1.46 bits per heavy atom. The van der Waals surface area contributed by atoms with Gasteiger partial charge in [-0.15, -0.1) is 0 Å². The number of aromatic nitrogens is 1. The van der Waals surface area contributed by atoms with Crippen molar-refractivity contribution in [1.29, 1.82) is 0 Å². The second-order valence-corrected chi connectivity index (χ2v) is 7.18. The molecule has 2 N–H and O–H groups in total. The van der Waals surface area contributed by atoms with Crippen LogP contribution in [0.25, 0.3) is 0 Å². The zero-order valence-electron chi connectivity index (χ0n) is 13.5. The van der Waals surface area contributed by atoms with Gasteiger partial charge in [-0.25, -0.2) is 4.39 Å². The number of aliphatic imine (C=N–C) groups is 1. The molecule has 126 valence electrons. The predicted molar refractivity (Wildman–Crippen MR) is 91.7 cm³/mol. The maximum atomic E-state index is 14.4. The Morgan fingerprint density at radius 2 is 2.25 bits per heavy atom. The summed E-state index contributed by atoms with van der Waals surface area (Å²) in [4.78, 5) is 16.7. The van der Waals surface area contributed by atoms with Gasteiger partial charge in [0.05, 0.1) is 11.2 Å². The first-order valence-electron chi connectivity index (χ1n) is 7.61. The van der Waals surface area contributed by atoms with Crippen molar-refractivity contribution >= 4 is 22.7 Å². The van der Waals surface area contributed by atoms with Crippen molar-refractivity contribution in [2.24, 2.45) is 10.7 Å². The summed E-state index contributed by atoms with van der Waals surface area (Å²) < 4.78 is 19.3. The topological polar surface area (TPSA) is 81.5 Å². The van der Waals surface area contributed by atoms with Gasteiger partial charge < -0.3 is 10.3 Å². The van der Waals surface area contributed by atoms with E-state index >= 15 is 0 Å². The molecule has 1 aromatic carbocycles. The first-order chi connectivity index (χ1) is 11.4. The molecule has 0 aliphatic carbocycles. The third-order valence-corrected chi connectivity index (χ3v) is 4.87. The van der Waals surface area contributed by atoms with Gasteiger partial charge in [-0.05, 0) is 38.0 Å². The highest BCUT2D eigenvalue weighted by Crippen LogP contribution is 2.36. The minimum Gasteiger partial charge on any atom is -0.379 e. The lowest BCUT2D eigenvalue weighted by Crippen LogP contribution is -2.29. The summed E-state index contributed by atoms with van der Waals surface area (Å²) in [5.41, 5.74) is 6.92. The molecule has 2 aromatic rings. The predicted octanol–water partition coefficient (Wildman–Crippen LogP) is 3.21. The van der Waals surface area contributed by atoms with E-state index in [1.165, 1.54) is 17.8 Å². The standard InChI is InChI=1S/C17H18FN3O2S/c1-10-7-15(23-21-10)14(22)9-11-3-4-13(18)12(8-11)17(2)5-6-24-16(19)20-17/h3-4,7-8H,5-6,9H2,1-2H3,(H2,19,20)/t17-/m0/s1. The molecule has 0 saturated carbocycles. The summed E-state index contributed by atoms with van der Waals surface area (Å²) in [6, 6.07) is 6.27. The molecule has 0 bridgehead atoms. The molecule has 0 spiro atoms. The van der Waals surface area contributed by atoms with E-state index in [0.717, 1.165) is 5.75 Å². The van der Waals surface area contributed by atoms with Crippen LogP contribution in [0.2, 0.25) is 0 Å². The van der Waals surface area contributed by atoms with Crippen LogP contribution in [0.1, 0.15) is 40.7 Å². The molecule has 0 amide bonds. The number of hydrogen-bond donors (Lipinski definition) is 1. The fourth-order valence-corrected chi connectivity index (χ4v) is 3.72. The van der Waals surface area contributed by atoms with Gasteiger partial charge in [-0.3, -0.25) is 9.79 Å². The largest absolute Gasteiger partial charge is 0.379 e. The van der Waals surface area contributed by atoms with Crippen LogP contribution in [0.4, 0.5) is 4.39 Å². The fraction of sp³-hybridized carbons (Fsp3) is 0.353. The van der Waals surface area contributed by atoms with E-state index in [1.54, 1.807) is 25.1 Å². The Labute approximate surface area is 143 Å². The number of nitrogens with two attached hydrogens (primary N) is 1. The lowest BCUT2D eigenvalue weighted by Gasteiger charge is -2.30. The molecule has 3 rings (SSSR count). The zero-order chi connectivity index (χ0) is 17.3. The van der Waals surface area contributed by atoms with Gasteiger partial charge in [0.1, 0.15) is 5.82 Å². The van der Waals surface area contributed by atoms with Gasteiger partial charge in [0, 0.05) is 23.8 Å².